The van der Waals surface area contributed by atoms with E-state index in [2.05, 4.69) is 15.1 Å². The van der Waals surface area contributed by atoms with Gasteiger partial charge in [0.15, 0.2) is 11.3 Å². The lowest BCUT2D eigenvalue weighted by Gasteiger charge is -2.12. The van der Waals surface area contributed by atoms with Crippen molar-refractivity contribution in [1.82, 2.24) is 14.9 Å². The lowest BCUT2D eigenvalue weighted by Crippen LogP contribution is -2.07. The fourth-order valence-corrected chi connectivity index (χ4v) is 3.77. The molecule has 0 amide bonds. The third-order valence-corrected chi connectivity index (χ3v) is 5.21. The van der Waals surface area contributed by atoms with Crippen molar-refractivity contribution in [3.63, 3.8) is 0 Å². The molecule has 0 fully saturated rings. The Morgan fingerprint density at radius 1 is 1.22 bits per heavy atom. The lowest BCUT2D eigenvalue weighted by molar-refractivity contribution is -0.141. The number of fused-ring (bicyclic) bond motifs is 2. The van der Waals surface area contributed by atoms with Gasteiger partial charge in [0.05, 0.1) is 23.7 Å². The zero-order valence-corrected chi connectivity index (χ0v) is 17.4. The number of ether oxygens (including phenoxy) is 1. The molecule has 0 aliphatic rings. The number of hydrogen-bond donors (Lipinski definition) is 0. The van der Waals surface area contributed by atoms with Crippen LogP contribution in [0.5, 0.6) is 5.75 Å². The van der Waals surface area contributed by atoms with E-state index in [0.29, 0.717) is 43.9 Å². The molecule has 0 radical (unpaired) electrons. The van der Waals surface area contributed by atoms with Gasteiger partial charge in [0.1, 0.15) is 5.75 Å². The summed E-state index contributed by atoms with van der Waals surface area (Å²) in [7, 11) is 0. The van der Waals surface area contributed by atoms with Gasteiger partial charge in [-0.15, -0.1) is 0 Å². The van der Waals surface area contributed by atoms with Crippen LogP contribution in [0, 0.1) is 6.57 Å². The van der Waals surface area contributed by atoms with Crippen LogP contribution in [-0.4, -0.2) is 21.5 Å². The lowest BCUT2D eigenvalue weighted by atomic mass is 10.0. The van der Waals surface area contributed by atoms with Crippen molar-refractivity contribution >= 4 is 21.9 Å². The Kier molecular flexibility index (Phi) is 6.04. The highest BCUT2D eigenvalue weighted by Gasteiger charge is 2.37. The Labute approximate surface area is 182 Å². The third-order valence-electron chi connectivity index (χ3n) is 5.21. The predicted octanol–water partition coefficient (Wildman–Crippen LogP) is 6.04. The van der Waals surface area contributed by atoms with Crippen molar-refractivity contribution in [3.05, 3.63) is 64.8 Å². The van der Waals surface area contributed by atoms with E-state index in [1.54, 1.807) is 12.3 Å². The maximum absolute atomic E-state index is 13.1. The van der Waals surface area contributed by atoms with Crippen LogP contribution in [0.3, 0.4) is 0 Å². The van der Waals surface area contributed by atoms with Gasteiger partial charge >= 0.3 is 6.18 Å². The van der Waals surface area contributed by atoms with Gasteiger partial charge in [-0.1, -0.05) is 18.5 Å². The van der Waals surface area contributed by atoms with E-state index in [9.17, 15) is 13.2 Å². The second-order valence-corrected chi connectivity index (χ2v) is 7.48. The quantitative estimate of drug-likeness (QED) is 0.247. The number of hydrogen-bond acceptors (Lipinski definition) is 4. The molecule has 0 unspecified atom stereocenters. The molecule has 0 bridgehead atoms. The molecule has 0 atom stereocenters. The molecule has 4 aromatic rings. The highest BCUT2D eigenvalue weighted by atomic mass is 19.4. The molecule has 2 aromatic heterocycles. The van der Waals surface area contributed by atoms with Gasteiger partial charge in [-0.05, 0) is 36.8 Å². The predicted molar refractivity (Wildman–Crippen MR) is 113 cm³/mol. The fourth-order valence-electron chi connectivity index (χ4n) is 3.77. The molecular weight excluding hydrogens is 421 g/mol. The van der Waals surface area contributed by atoms with Gasteiger partial charge < -0.3 is 14.1 Å². The summed E-state index contributed by atoms with van der Waals surface area (Å²) in [5.41, 5.74) is 1.65. The van der Waals surface area contributed by atoms with E-state index in [0.717, 1.165) is 22.9 Å². The molecule has 4 rings (SSSR count). The number of aryl methyl sites for hydroxylation is 2. The van der Waals surface area contributed by atoms with Gasteiger partial charge in [0.25, 0.3) is 0 Å². The second-order valence-electron chi connectivity index (χ2n) is 7.48. The number of benzene rings is 2. The zero-order chi connectivity index (χ0) is 22.7. The summed E-state index contributed by atoms with van der Waals surface area (Å²) < 4.78 is 52.3. The van der Waals surface area contributed by atoms with Crippen molar-refractivity contribution in [1.29, 1.82) is 0 Å². The summed E-state index contributed by atoms with van der Waals surface area (Å²) >= 11 is 0. The highest BCUT2D eigenvalue weighted by Crippen LogP contribution is 2.38. The molecule has 0 spiro atoms. The SMILES string of the molecule is [C-]#[N+]Cc1ccc2c(cnn2CCCOc2ccc3c(C(F)(F)F)noc3c2CCC)c1. The zero-order valence-electron chi connectivity index (χ0n) is 17.4. The van der Waals surface area contributed by atoms with Crippen LogP contribution in [-0.2, 0) is 25.7 Å². The smallest absolute Gasteiger partial charge is 0.437 e. The number of aromatic nitrogens is 3. The van der Waals surface area contributed by atoms with Crippen molar-refractivity contribution in [2.45, 2.75) is 45.5 Å². The van der Waals surface area contributed by atoms with Gasteiger partial charge in [-0.3, -0.25) is 4.68 Å². The first-order valence-electron chi connectivity index (χ1n) is 10.3. The van der Waals surface area contributed by atoms with Crippen molar-refractivity contribution in [2.24, 2.45) is 0 Å². The largest absolute Gasteiger partial charge is 0.493 e. The first-order chi connectivity index (χ1) is 15.4. The van der Waals surface area contributed by atoms with E-state index >= 15 is 0 Å². The van der Waals surface area contributed by atoms with Crippen LogP contribution in [0.1, 0.15) is 36.6 Å². The fraction of sp³-hybridized carbons (Fsp3) is 0.348. The summed E-state index contributed by atoms with van der Waals surface area (Å²) in [6.45, 7) is 10.3. The number of alkyl halides is 3. The average Bonchev–Trinajstić information content (AvgIpc) is 3.37. The highest BCUT2D eigenvalue weighted by molar-refractivity contribution is 5.85. The molecule has 9 heteroatoms. The summed E-state index contributed by atoms with van der Waals surface area (Å²) in [6.07, 6.45) is -0.879. The third kappa shape index (κ3) is 4.26. The van der Waals surface area contributed by atoms with Crippen molar-refractivity contribution in [2.75, 3.05) is 6.61 Å². The molecule has 166 valence electrons. The van der Waals surface area contributed by atoms with E-state index in [1.165, 1.54) is 6.07 Å². The minimum Gasteiger partial charge on any atom is -0.493 e. The van der Waals surface area contributed by atoms with Gasteiger partial charge in [-0.2, -0.15) is 18.3 Å². The molecular formula is C23H21F3N4O2. The summed E-state index contributed by atoms with van der Waals surface area (Å²) in [5, 5.41) is 8.59. The van der Waals surface area contributed by atoms with Crippen LogP contribution < -0.4 is 4.74 Å². The maximum Gasteiger partial charge on any atom is 0.437 e. The van der Waals surface area contributed by atoms with Crippen molar-refractivity contribution < 1.29 is 22.4 Å². The molecule has 0 N–H and O–H groups in total. The van der Waals surface area contributed by atoms with Crippen LogP contribution in [0.25, 0.3) is 26.7 Å². The van der Waals surface area contributed by atoms with Gasteiger partial charge in [0, 0.05) is 29.5 Å². The van der Waals surface area contributed by atoms with E-state index in [-0.39, 0.29) is 11.0 Å². The molecule has 32 heavy (non-hydrogen) atoms. The second kappa shape index (κ2) is 8.91. The maximum atomic E-state index is 13.1. The molecule has 0 aliphatic heterocycles. The van der Waals surface area contributed by atoms with Crippen LogP contribution in [0.2, 0.25) is 0 Å². The standard InChI is InChI=1S/C23H21F3N4O2/c1-3-5-17-20(9-7-18-21(17)32-29-22(18)23(24,25)26)31-11-4-10-30-19-8-6-15(13-27-2)12-16(19)14-28-30/h6-9,12,14H,3-5,10-11,13H2,1H3. The monoisotopic (exact) mass is 442 g/mol. The topological polar surface area (TPSA) is 57.4 Å². The summed E-state index contributed by atoms with van der Waals surface area (Å²) in [6, 6.07) is 8.76. The summed E-state index contributed by atoms with van der Waals surface area (Å²) in [5.74, 6) is 0.512. The number of halogens is 3. The number of rotatable bonds is 8. The summed E-state index contributed by atoms with van der Waals surface area (Å²) in [4.78, 5) is 3.40. The number of nitrogens with zero attached hydrogens (tertiary/aromatic N) is 4. The van der Waals surface area contributed by atoms with Crippen LogP contribution in [0.4, 0.5) is 13.2 Å². The molecule has 0 saturated carbocycles. The molecule has 6 nitrogen and oxygen atoms in total. The Morgan fingerprint density at radius 2 is 2.06 bits per heavy atom. The van der Waals surface area contributed by atoms with Crippen molar-refractivity contribution in [3.8, 4) is 5.75 Å². The van der Waals surface area contributed by atoms with Gasteiger partial charge in [0.2, 0.25) is 6.54 Å². The molecule has 2 aromatic carbocycles. The molecule has 0 aliphatic carbocycles. The van der Waals surface area contributed by atoms with Crippen LogP contribution >= 0.6 is 0 Å². The Hall–Kier alpha value is -3.54. The van der Waals surface area contributed by atoms with E-state index < -0.39 is 11.9 Å². The van der Waals surface area contributed by atoms with Crippen LogP contribution in [0.15, 0.2) is 41.1 Å². The first-order valence-corrected chi connectivity index (χ1v) is 10.3. The Morgan fingerprint density at radius 3 is 2.81 bits per heavy atom. The minimum absolute atomic E-state index is 0.0473. The normalized spacial score (nSPS) is 11.8. The molecule has 0 saturated heterocycles. The Bertz CT molecular complexity index is 1280. The van der Waals surface area contributed by atoms with E-state index in [4.69, 9.17) is 15.8 Å². The van der Waals surface area contributed by atoms with E-state index in [1.807, 2.05) is 29.8 Å². The Balaban J connectivity index is 1.46. The average molecular weight is 442 g/mol. The minimum atomic E-state index is -4.57. The first kappa shape index (κ1) is 21.7. The van der Waals surface area contributed by atoms with Gasteiger partial charge in [-0.25, -0.2) is 6.57 Å². The molecule has 2 heterocycles.